The predicted molar refractivity (Wildman–Crippen MR) is 138 cm³/mol. The van der Waals surface area contributed by atoms with Gasteiger partial charge in [0.25, 0.3) is 5.91 Å². The second-order valence-corrected chi connectivity index (χ2v) is 11.7. The monoisotopic (exact) mass is 515 g/mol. The first-order valence-electron chi connectivity index (χ1n) is 11.1. The quantitative estimate of drug-likeness (QED) is 0.441. The fraction of sp³-hybridized carbons (Fsp3) is 0.240. The molecule has 186 valence electrons. The van der Waals surface area contributed by atoms with E-state index in [0.29, 0.717) is 18.8 Å². The Morgan fingerprint density at radius 3 is 1.94 bits per heavy atom. The van der Waals surface area contributed by atoms with Crippen LogP contribution in [0.5, 0.6) is 0 Å². The minimum Gasteiger partial charge on any atom is -0.322 e. The lowest BCUT2D eigenvalue weighted by atomic mass is 10.1. The molecule has 8 nitrogen and oxygen atoms in total. The van der Waals surface area contributed by atoms with Gasteiger partial charge in [-0.15, -0.1) is 0 Å². The number of hydrogen-bond acceptors (Lipinski definition) is 5. The van der Waals surface area contributed by atoms with Crippen molar-refractivity contribution in [1.82, 2.24) is 4.31 Å². The van der Waals surface area contributed by atoms with Crippen LogP contribution in [0.3, 0.4) is 0 Å². The molecule has 0 unspecified atom stereocenters. The molecule has 0 saturated heterocycles. The molecule has 0 saturated carbocycles. The maximum absolute atomic E-state index is 13.1. The smallest absolute Gasteiger partial charge is 0.257 e. The molecule has 0 fully saturated rings. The molecule has 0 aliphatic heterocycles. The summed E-state index contributed by atoms with van der Waals surface area (Å²) in [6.07, 6.45) is 1.10. The Bertz CT molecular complexity index is 1370. The Balaban J connectivity index is 1.89. The van der Waals surface area contributed by atoms with E-state index in [9.17, 15) is 21.6 Å². The highest BCUT2D eigenvalue weighted by Gasteiger charge is 2.24. The number of benzene rings is 3. The highest BCUT2D eigenvalue weighted by molar-refractivity contribution is 7.92. The van der Waals surface area contributed by atoms with Crippen LogP contribution in [0.4, 0.5) is 11.4 Å². The van der Waals surface area contributed by atoms with Crippen molar-refractivity contribution in [3.63, 3.8) is 0 Å². The lowest BCUT2D eigenvalue weighted by Gasteiger charge is -2.25. The summed E-state index contributed by atoms with van der Waals surface area (Å²) in [4.78, 5) is 13.3. The van der Waals surface area contributed by atoms with Gasteiger partial charge in [0.15, 0.2) is 0 Å². The maximum atomic E-state index is 13.1. The number of para-hydroxylation sites is 1. The van der Waals surface area contributed by atoms with Gasteiger partial charge in [-0.2, -0.15) is 4.31 Å². The van der Waals surface area contributed by atoms with Crippen LogP contribution < -0.4 is 9.62 Å². The predicted octanol–water partition coefficient (Wildman–Crippen LogP) is 3.94. The fourth-order valence-electron chi connectivity index (χ4n) is 3.63. The van der Waals surface area contributed by atoms with Gasteiger partial charge in [-0.1, -0.05) is 56.3 Å². The minimum absolute atomic E-state index is 0.0713. The molecule has 3 aromatic carbocycles. The maximum Gasteiger partial charge on any atom is 0.257 e. The van der Waals surface area contributed by atoms with Crippen LogP contribution in [-0.4, -0.2) is 46.4 Å². The van der Waals surface area contributed by atoms with Crippen molar-refractivity contribution in [2.45, 2.75) is 25.3 Å². The SMILES string of the molecule is CCN(CC)S(=O)(=O)c1ccc(NC(=O)c2ccccc2N(Cc2ccccc2)S(C)(=O)=O)cc1. The van der Waals surface area contributed by atoms with Gasteiger partial charge < -0.3 is 5.32 Å². The van der Waals surface area contributed by atoms with Gasteiger partial charge in [-0.3, -0.25) is 9.10 Å². The molecule has 0 aliphatic rings. The van der Waals surface area contributed by atoms with Crippen molar-refractivity contribution >= 4 is 37.3 Å². The van der Waals surface area contributed by atoms with Crippen LogP contribution in [0.25, 0.3) is 0 Å². The summed E-state index contributed by atoms with van der Waals surface area (Å²) in [6.45, 7) is 4.32. The molecular weight excluding hydrogens is 486 g/mol. The summed E-state index contributed by atoms with van der Waals surface area (Å²) in [5.41, 5.74) is 1.58. The topological polar surface area (TPSA) is 104 Å². The zero-order chi connectivity index (χ0) is 25.6. The van der Waals surface area contributed by atoms with E-state index >= 15 is 0 Å². The van der Waals surface area contributed by atoms with E-state index in [1.54, 1.807) is 38.1 Å². The summed E-state index contributed by atoms with van der Waals surface area (Å²) in [7, 11) is -7.31. The number of carbonyl (C=O) groups is 1. The van der Waals surface area contributed by atoms with Crippen LogP contribution in [0.15, 0.2) is 83.8 Å². The zero-order valence-electron chi connectivity index (χ0n) is 19.9. The second-order valence-electron chi connectivity index (χ2n) is 7.84. The third-order valence-electron chi connectivity index (χ3n) is 5.44. The molecule has 3 rings (SSSR count). The number of rotatable bonds is 10. The standard InChI is InChI=1S/C25H29N3O5S2/c1-4-27(5-2)35(32,33)22-17-15-21(16-18-22)26-25(29)23-13-9-10-14-24(23)28(34(3,30)31)19-20-11-7-6-8-12-20/h6-18H,4-5,19H2,1-3H3,(H,26,29). The molecule has 1 N–H and O–H groups in total. The lowest BCUT2D eigenvalue weighted by Crippen LogP contribution is -2.31. The van der Waals surface area contributed by atoms with E-state index in [2.05, 4.69) is 5.32 Å². The highest BCUT2D eigenvalue weighted by atomic mass is 32.2. The van der Waals surface area contributed by atoms with E-state index in [4.69, 9.17) is 0 Å². The highest BCUT2D eigenvalue weighted by Crippen LogP contribution is 2.26. The Morgan fingerprint density at radius 2 is 1.37 bits per heavy atom. The summed E-state index contributed by atoms with van der Waals surface area (Å²) >= 11 is 0. The Labute approximate surface area is 207 Å². The number of hydrogen-bond donors (Lipinski definition) is 1. The van der Waals surface area contributed by atoms with Crippen molar-refractivity contribution in [2.24, 2.45) is 0 Å². The van der Waals surface area contributed by atoms with Crippen LogP contribution in [0.2, 0.25) is 0 Å². The van der Waals surface area contributed by atoms with Crippen molar-refractivity contribution in [2.75, 3.05) is 29.0 Å². The molecule has 35 heavy (non-hydrogen) atoms. The summed E-state index contributed by atoms with van der Waals surface area (Å²) in [6, 6.07) is 21.5. The van der Waals surface area contributed by atoms with E-state index in [0.717, 1.165) is 11.8 Å². The van der Waals surface area contributed by atoms with E-state index in [-0.39, 0.29) is 22.7 Å². The number of anilines is 2. The van der Waals surface area contributed by atoms with E-state index in [1.807, 2.05) is 30.3 Å². The van der Waals surface area contributed by atoms with Gasteiger partial charge in [0.05, 0.1) is 28.9 Å². The first-order valence-corrected chi connectivity index (χ1v) is 14.4. The lowest BCUT2D eigenvalue weighted by molar-refractivity contribution is 0.102. The van der Waals surface area contributed by atoms with Crippen molar-refractivity contribution < 1.29 is 21.6 Å². The number of nitrogens with zero attached hydrogens (tertiary/aromatic N) is 2. The molecule has 0 heterocycles. The first kappa shape index (κ1) is 26.4. The summed E-state index contributed by atoms with van der Waals surface area (Å²) < 4.78 is 53.2. The summed E-state index contributed by atoms with van der Waals surface area (Å²) in [5, 5.41) is 2.74. The van der Waals surface area contributed by atoms with E-state index < -0.39 is 26.0 Å². The number of nitrogens with one attached hydrogen (secondary N) is 1. The third kappa shape index (κ3) is 6.27. The zero-order valence-corrected chi connectivity index (χ0v) is 21.5. The molecule has 0 spiro atoms. The van der Waals surface area contributed by atoms with Gasteiger partial charge in [-0.25, -0.2) is 16.8 Å². The molecule has 3 aromatic rings. The number of amides is 1. The Hall–Kier alpha value is -3.21. The van der Waals surface area contributed by atoms with E-state index in [1.165, 1.54) is 32.9 Å². The molecule has 0 radical (unpaired) electrons. The summed E-state index contributed by atoms with van der Waals surface area (Å²) in [5.74, 6) is -0.512. The molecule has 10 heteroatoms. The second kappa shape index (κ2) is 11.0. The van der Waals surface area contributed by atoms with Crippen molar-refractivity contribution in [1.29, 1.82) is 0 Å². The van der Waals surface area contributed by atoms with Gasteiger partial charge in [0.2, 0.25) is 20.0 Å². The van der Waals surface area contributed by atoms with Gasteiger partial charge in [-0.05, 0) is 42.0 Å². The third-order valence-corrected chi connectivity index (χ3v) is 8.63. The van der Waals surface area contributed by atoms with Gasteiger partial charge in [0, 0.05) is 18.8 Å². The van der Waals surface area contributed by atoms with Crippen LogP contribution in [-0.2, 0) is 26.6 Å². The van der Waals surface area contributed by atoms with Crippen LogP contribution in [0, 0.1) is 0 Å². The molecule has 0 aliphatic carbocycles. The van der Waals surface area contributed by atoms with Crippen LogP contribution >= 0.6 is 0 Å². The first-order chi connectivity index (χ1) is 16.6. The average Bonchev–Trinajstić information content (AvgIpc) is 2.83. The number of sulfonamides is 2. The van der Waals surface area contributed by atoms with Gasteiger partial charge >= 0.3 is 0 Å². The molecule has 0 aromatic heterocycles. The normalized spacial score (nSPS) is 11.9. The molecular formula is C25H29N3O5S2. The Kier molecular flexibility index (Phi) is 8.31. The van der Waals surface area contributed by atoms with Crippen molar-refractivity contribution in [3.8, 4) is 0 Å². The fourth-order valence-corrected chi connectivity index (χ4v) is 5.99. The average molecular weight is 516 g/mol. The van der Waals surface area contributed by atoms with Crippen LogP contribution in [0.1, 0.15) is 29.8 Å². The number of carbonyl (C=O) groups excluding carboxylic acids is 1. The molecule has 1 amide bonds. The largest absolute Gasteiger partial charge is 0.322 e. The minimum atomic E-state index is -3.70. The van der Waals surface area contributed by atoms with Gasteiger partial charge in [0.1, 0.15) is 0 Å². The molecule has 0 atom stereocenters. The molecule has 0 bridgehead atoms. The Morgan fingerprint density at radius 1 is 0.800 bits per heavy atom. The van der Waals surface area contributed by atoms with Crippen molar-refractivity contribution in [3.05, 3.63) is 90.0 Å².